The molecule has 1 amide bonds. The van der Waals surface area contributed by atoms with Crippen LogP contribution >= 0.6 is 11.8 Å². The standard InChI is InChI=1S/C23H25FN4O2S/c1-3-15-28-21(10-6-7-17-11-13-18(30-2)14-12-17)26-27-23(28)31-16-22(29)25-20-9-5-4-8-19(20)24/h3-5,8-9,11-14H,1,6-7,10,15-16H2,2H3,(H,25,29). The third-order valence-corrected chi connectivity index (χ3v) is 5.58. The number of aromatic nitrogens is 3. The van der Waals surface area contributed by atoms with Gasteiger partial charge in [0.25, 0.3) is 0 Å². The van der Waals surface area contributed by atoms with Gasteiger partial charge in [-0.05, 0) is 42.7 Å². The summed E-state index contributed by atoms with van der Waals surface area (Å²) in [5.41, 5.74) is 1.40. The lowest BCUT2D eigenvalue weighted by atomic mass is 10.1. The molecule has 0 atom stereocenters. The summed E-state index contributed by atoms with van der Waals surface area (Å²) in [4.78, 5) is 12.2. The van der Waals surface area contributed by atoms with Crippen molar-refractivity contribution in [2.24, 2.45) is 0 Å². The van der Waals surface area contributed by atoms with Crippen molar-refractivity contribution in [1.29, 1.82) is 0 Å². The van der Waals surface area contributed by atoms with Crippen molar-refractivity contribution < 1.29 is 13.9 Å². The summed E-state index contributed by atoms with van der Waals surface area (Å²) in [6.07, 6.45) is 4.37. The van der Waals surface area contributed by atoms with Crippen LogP contribution in [0.3, 0.4) is 0 Å². The Morgan fingerprint density at radius 1 is 1.19 bits per heavy atom. The van der Waals surface area contributed by atoms with E-state index in [0.29, 0.717) is 11.7 Å². The molecule has 0 aliphatic rings. The average Bonchev–Trinajstić information content (AvgIpc) is 3.16. The Kier molecular flexibility index (Phi) is 8.23. The fourth-order valence-electron chi connectivity index (χ4n) is 3.04. The Morgan fingerprint density at radius 2 is 1.97 bits per heavy atom. The van der Waals surface area contributed by atoms with Gasteiger partial charge >= 0.3 is 0 Å². The van der Waals surface area contributed by atoms with Crippen LogP contribution in [0, 0.1) is 5.82 Å². The first-order valence-electron chi connectivity index (χ1n) is 9.93. The number of benzene rings is 2. The summed E-state index contributed by atoms with van der Waals surface area (Å²) in [5.74, 6) is 1.04. The van der Waals surface area contributed by atoms with Crippen molar-refractivity contribution >= 4 is 23.4 Å². The number of para-hydroxylation sites is 1. The molecule has 0 unspecified atom stereocenters. The predicted molar refractivity (Wildman–Crippen MR) is 121 cm³/mol. The van der Waals surface area contributed by atoms with Gasteiger partial charge in [0.15, 0.2) is 5.16 Å². The fourth-order valence-corrected chi connectivity index (χ4v) is 3.81. The Bertz CT molecular complexity index is 1020. The first-order chi connectivity index (χ1) is 15.1. The Hall–Kier alpha value is -3.13. The summed E-state index contributed by atoms with van der Waals surface area (Å²) in [6.45, 7) is 4.36. The quantitative estimate of drug-likeness (QED) is 0.351. The molecular weight excluding hydrogens is 415 g/mol. The number of carbonyl (C=O) groups is 1. The molecule has 0 spiro atoms. The van der Waals surface area contributed by atoms with Crippen molar-refractivity contribution in [3.63, 3.8) is 0 Å². The van der Waals surface area contributed by atoms with Crippen LogP contribution in [0.15, 0.2) is 66.3 Å². The van der Waals surface area contributed by atoms with Crippen LogP contribution in [0.1, 0.15) is 17.8 Å². The van der Waals surface area contributed by atoms with Gasteiger partial charge in [0.05, 0.1) is 18.6 Å². The minimum Gasteiger partial charge on any atom is -0.497 e. The van der Waals surface area contributed by atoms with E-state index in [1.807, 2.05) is 16.7 Å². The van der Waals surface area contributed by atoms with Gasteiger partial charge in [0, 0.05) is 13.0 Å². The van der Waals surface area contributed by atoms with E-state index in [9.17, 15) is 9.18 Å². The van der Waals surface area contributed by atoms with E-state index in [1.54, 1.807) is 25.3 Å². The minimum absolute atomic E-state index is 0.107. The summed E-state index contributed by atoms with van der Waals surface area (Å²) in [5, 5.41) is 11.8. The Morgan fingerprint density at radius 3 is 2.68 bits per heavy atom. The molecule has 1 N–H and O–H groups in total. The van der Waals surface area contributed by atoms with Crippen molar-refractivity contribution in [3.8, 4) is 5.75 Å². The van der Waals surface area contributed by atoms with Gasteiger partial charge in [-0.25, -0.2) is 4.39 Å². The number of methoxy groups -OCH3 is 1. The maximum Gasteiger partial charge on any atom is 0.234 e. The number of hydrogen-bond acceptors (Lipinski definition) is 5. The molecule has 3 aromatic rings. The van der Waals surface area contributed by atoms with E-state index in [1.165, 1.54) is 29.5 Å². The molecule has 0 fully saturated rings. The van der Waals surface area contributed by atoms with Crippen LogP contribution in [0.2, 0.25) is 0 Å². The van der Waals surface area contributed by atoms with Gasteiger partial charge in [-0.3, -0.25) is 4.79 Å². The number of thioether (sulfide) groups is 1. The minimum atomic E-state index is -0.463. The molecule has 6 nitrogen and oxygen atoms in total. The number of ether oxygens (including phenoxy) is 1. The maximum absolute atomic E-state index is 13.7. The lowest BCUT2D eigenvalue weighted by Crippen LogP contribution is -2.15. The molecule has 0 saturated heterocycles. The van der Waals surface area contributed by atoms with Gasteiger partial charge in [0.2, 0.25) is 5.91 Å². The molecule has 0 aliphatic heterocycles. The van der Waals surface area contributed by atoms with E-state index in [4.69, 9.17) is 4.74 Å². The molecule has 0 aliphatic carbocycles. The van der Waals surface area contributed by atoms with Crippen LogP contribution in [-0.2, 0) is 24.2 Å². The first-order valence-corrected chi connectivity index (χ1v) is 10.9. The monoisotopic (exact) mass is 440 g/mol. The molecule has 8 heteroatoms. The molecular formula is C23H25FN4O2S. The smallest absolute Gasteiger partial charge is 0.234 e. The third kappa shape index (κ3) is 6.42. The summed E-state index contributed by atoms with van der Waals surface area (Å²) in [6, 6.07) is 14.1. The van der Waals surface area contributed by atoms with E-state index in [0.717, 1.165) is 30.8 Å². The maximum atomic E-state index is 13.7. The van der Waals surface area contributed by atoms with Crippen LogP contribution < -0.4 is 10.1 Å². The number of anilines is 1. The summed E-state index contributed by atoms with van der Waals surface area (Å²) < 4.78 is 20.8. The van der Waals surface area contributed by atoms with Gasteiger partial charge in [0.1, 0.15) is 17.4 Å². The number of aryl methyl sites for hydroxylation is 2. The van der Waals surface area contributed by atoms with Gasteiger partial charge in [-0.15, -0.1) is 16.8 Å². The number of rotatable bonds is 11. The number of hydrogen-bond donors (Lipinski definition) is 1. The lowest BCUT2D eigenvalue weighted by Gasteiger charge is -2.09. The molecule has 3 rings (SSSR count). The Labute approximate surface area is 185 Å². The molecule has 1 heterocycles. The molecule has 0 bridgehead atoms. The number of amides is 1. The van der Waals surface area contributed by atoms with Crippen LogP contribution in [0.25, 0.3) is 0 Å². The largest absolute Gasteiger partial charge is 0.497 e. The van der Waals surface area contributed by atoms with E-state index < -0.39 is 5.82 Å². The number of allylic oxidation sites excluding steroid dienone is 1. The molecule has 0 saturated carbocycles. The van der Waals surface area contributed by atoms with Crippen molar-refractivity contribution in [2.75, 3.05) is 18.2 Å². The van der Waals surface area contributed by atoms with Gasteiger partial charge in [-0.2, -0.15) is 0 Å². The normalized spacial score (nSPS) is 10.6. The van der Waals surface area contributed by atoms with Crippen molar-refractivity contribution in [1.82, 2.24) is 14.8 Å². The highest BCUT2D eigenvalue weighted by atomic mass is 32.2. The predicted octanol–water partition coefficient (Wildman–Crippen LogP) is 4.52. The number of nitrogens with one attached hydrogen (secondary N) is 1. The van der Waals surface area contributed by atoms with Crippen LogP contribution in [0.5, 0.6) is 5.75 Å². The highest BCUT2D eigenvalue weighted by molar-refractivity contribution is 7.99. The molecule has 1 aromatic heterocycles. The third-order valence-electron chi connectivity index (χ3n) is 4.61. The number of carbonyl (C=O) groups excluding carboxylic acids is 1. The second kappa shape index (κ2) is 11.3. The Balaban J connectivity index is 1.55. The van der Waals surface area contributed by atoms with E-state index in [-0.39, 0.29) is 17.3 Å². The fraction of sp³-hybridized carbons (Fsp3) is 0.261. The molecule has 162 valence electrons. The SMILES string of the molecule is C=CCn1c(CCCc2ccc(OC)cc2)nnc1SCC(=O)Nc1ccccc1F. The second-order valence-electron chi connectivity index (χ2n) is 6.82. The summed E-state index contributed by atoms with van der Waals surface area (Å²) >= 11 is 1.27. The highest BCUT2D eigenvalue weighted by Gasteiger charge is 2.14. The first kappa shape index (κ1) is 22.6. The average molecular weight is 441 g/mol. The van der Waals surface area contributed by atoms with Crippen LogP contribution in [0.4, 0.5) is 10.1 Å². The lowest BCUT2D eigenvalue weighted by molar-refractivity contribution is -0.113. The van der Waals surface area contributed by atoms with Crippen molar-refractivity contribution in [2.45, 2.75) is 31.0 Å². The van der Waals surface area contributed by atoms with E-state index in [2.05, 4.69) is 34.2 Å². The molecule has 0 radical (unpaired) electrons. The number of nitrogens with zero attached hydrogens (tertiary/aromatic N) is 3. The second-order valence-corrected chi connectivity index (χ2v) is 7.76. The van der Waals surface area contributed by atoms with Crippen LogP contribution in [-0.4, -0.2) is 33.5 Å². The highest BCUT2D eigenvalue weighted by Crippen LogP contribution is 2.20. The topological polar surface area (TPSA) is 69.0 Å². The number of halogens is 1. The van der Waals surface area contributed by atoms with Gasteiger partial charge < -0.3 is 14.6 Å². The zero-order chi connectivity index (χ0) is 22.1. The molecule has 2 aromatic carbocycles. The zero-order valence-electron chi connectivity index (χ0n) is 17.4. The summed E-state index contributed by atoms with van der Waals surface area (Å²) in [7, 11) is 1.65. The van der Waals surface area contributed by atoms with Gasteiger partial charge in [-0.1, -0.05) is 42.1 Å². The van der Waals surface area contributed by atoms with E-state index >= 15 is 0 Å². The molecule has 31 heavy (non-hydrogen) atoms. The zero-order valence-corrected chi connectivity index (χ0v) is 18.2. The van der Waals surface area contributed by atoms with Crippen molar-refractivity contribution in [3.05, 3.63) is 78.4 Å².